The van der Waals surface area contributed by atoms with Gasteiger partial charge in [-0.05, 0) is 24.6 Å². The molecule has 0 aliphatic rings. The van der Waals surface area contributed by atoms with Crippen molar-refractivity contribution in [2.24, 2.45) is 0 Å². The predicted molar refractivity (Wildman–Crippen MR) is 65.0 cm³/mol. The average Bonchev–Trinajstić information content (AvgIpc) is 2.27. The standard InChI is InChI=1S/C11H8Cl2N2O2/c1-6-2-3-7(12)9(4-6)17-11-8(16)5-10(13)14-15-11/h2-5H,1H3,(H,14,16). The zero-order chi connectivity index (χ0) is 12.4. The van der Waals surface area contributed by atoms with Gasteiger partial charge in [-0.2, -0.15) is 0 Å². The molecule has 0 aliphatic carbocycles. The quantitative estimate of drug-likeness (QED) is 0.906. The molecule has 6 heteroatoms. The predicted octanol–water partition coefficient (Wildman–Crippen LogP) is 3.59. The molecule has 1 N–H and O–H groups in total. The Bertz CT molecular complexity index is 561. The van der Waals surface area contributed by atoms with Crippen molar-refractivity contribution in [3.8, 4) is 17.4 Å². The number of rotatable bonds is 2. The molecule has 88 valence electrons. The lowest BCUT2D eigenvalue weighted by Gasteiger charge is -2.08. The monoisotopic (exact) mass is 270 g/mol. The summed E-state index contributed by atoms with van der Waals surface area (Å²) in [5.74, 6) is 0.170. The van der Waals surface area contributed by atoms with E-state index < -0.39 is 0 Å². The molecular weight excluding hydrogens is 263 g/mol. The summed E-state index contributed by atoms with van der Waals surface area (Å²) in [7, 11) is 0. The van der Waals surface area contributed by atoms with Crippen LogP contribution in [0.5, 0.6) is 17.4 Å². The number of aromatic hydroxyl groups is 1. The fraction of sp³-hybridized carbons (Fsp3) is 0.0909. The number of ether oxygens (including phenoxy) is 1. The molecule has 0 unspecified atom stereocenters. The second-order valence-electron chi connectivity index (χ2n) is 3.39. The summed E-state index contributed by atoms with van der Waals surface area (Å²) in [5, 5.41) is 17.3. The minimum absolute atomic E-state index is 0.0399. The number of benzene rings is 1. The van der Waals surface area contributed by atoms with Crippen molar-refractivity contribution in [2.75, 3.05) is 0 Å². The van der Waals surface area contributed by atoms with Gasteiger partial charge in [0.25, 0.3) is 5.88 Å². The molecular formula is C11H8Cl2N2O2. The highest BCUT2D eigenvalue weighted by Crippen LogP contribution is 2.33. The Morgan fingerprint density at radius 3 is 2.65 bits per heavy atom. The normalized spacial score (nSPS) is 10.3. The number of hydrogen-bond donors (Lipinski definition) is 1. The number of aryl methyl sites for hydroxylation is 1. The van der Waals surface area contributed by atoms with E-state index in [4.69, 9.17) is 27.9 Å². The third-order valence-corrected chi connectivity index (χ3v) is 2.50. The molecule has 0 bridgehead atoms. The molecule has 0 aliphatic heterocycles. The van der Waals surface area contributed by atoms with Gasteiger partial charge in [-0.3, -0.25) is 0 Å². The molecule has 2 rings (SSSR count). The van der Waals surface area contributed by atoms with Crippen molar-refractivity contribution >= 4 is 23.2 Å². The van der Waals surface area contributed by atoms with Crippen LogP contribution in [0, 0.1) is 6.92 Å². The van der Waals surface area contributed by atoms with Crippen molar-refractivity contribution in [3.63, 3.8) is 0 Å². The molecule has 0 atom stereocenters. The van der Waals surface area contributed by atoms with E-state index in [1.165, 1.54) is 6.07 Å². The highest BCUT2D eigenvalue weighted by atomic mass is 35.5. The van der Waals surface area contributed by atoms with Gasteiger partial charge < -0.3 is 9.84 Å². The van der Waals surface area contributed by atoms with Crippen LogP contribution in [0.1, 0.15) is 5.56 Å². The molecule has 1 aromatic heterocycles. The van der Waals surface area contributed by atoms with Crippen LogP contribution in [0.25, 0.3) is 0 Å². The fourth-order valence-corrected chi connectivity index (χ4v) is 1.51. The van der Waals surface area contributed by atoms with Gasteiger partial charge in [0, 0.05) is 6.07 Å². The summed E-state index contributed by atoms with van der Waals surface area (Å²) in [6, 6.07) is 6.53. The van der Waals surface area contributed by atoms with Crippen LogP contribution in [-0.4, -0.2) is 15.3 Å². The van der Waals surface area contributed by atoms with E-state index in [0.717, 1.165) is 5.56 Å². The lowest BCUT2D eigenvalue weighted by Crippen LogP contribution is -1.92. The first kappa shape index (κ1) is 12.0. The van der Waals surface area contributed by atoms with Crippen LogP contribution in [0.2, 0.25) is 10.2 Å². The number of aromatic nitrogens is 2. The zero-order valence-corrected chi connectivity index (χ0v) is 10.3. The molecule has 4 nitrogen and oxygen atoms in total. The lowest BCUT2D eigenvalue weighted by molar-refractivity contribution is 0.392. The second kappa shape index (κ2) is 4.77. The molecule has 0 amide bonds. The lowest BCUT2D eigenvalue weighted by atomic mass is 10.2. The maximum absolute atomic E-state index is 9.56. The van der Waals surface area contributed by atoms with Crippen molar-refractivity contribution in [2.45, 2.75) is 6.92 Å². The van der Waals surface area contributed by atoms with Gasteiger partial charge in [0.15, 0.2) is 10.9 Å². The highest BCUT2D eigenvalue weighted by Gasteiger charge is 2.10. The summed E-state index contributed by atoms with van der Waals surface area (Å²) < 4.78 is 5.36. The fourth-order valence-electron chi connectivity index (χ4n) is 1.21. The minimum Gasteiger partial charge on any atom is -0.503 e. The molecule has 0 saturated carbocycles. The first-order chi connectivity index (χ1) is 8.06. The van der Waals surface area contributed by atoms with Crippen LogP contribution < -0.4 is 4.74 Å². The van der Waals surface area contributed by atoms with Gasteiger partial charge in [0.1, 0.15) is 5.75 Å². The Labute approximate surface area is 108 Å². The summed E-state index contributed by atoms with van der Waals surface area (Å²) >= 11 is 11.5. The maximum Gasteiger partial charge on any atom is 0.281 e. The van der Waals surface area contributed by atoms with Crippen LogP contribution in [0.15, 0.2) is 24.3 Å². The Kier molecular flexibility index (Phi) is 3.36. The Morgan fingerprint density at radius 2 is 1.94 bits per heavy atom. The first-order valence-corrected chi connectivity index (χ1v) is 5.48. The third kappa shape index (κ3) is 2.78. The first-order valence-electron chi connectivity index (χ1n) is 4.72. The van der Waals surface area contributed by atoms with Crippen LogP contribution in [0.4, 0.5) is 0 Å². The molecule has 0 spiro atoms. The van der Waals surface area contributed by atoms with E-state index >= 15 is 0 Å². The molecule has 0 radical (unpaired) electrons. The van der Waals surface area contributed by atoms with Gasteiger partial charge >= 0.3 is 0 Å². The number of halogens is 2. The minimum atomic E-state index is -0.192. The van der Waals surface area contributed by atoms with E-state index in [-0.39, 0.29) is 16.8 Å². The SMILES string of the molecule is Cc1ccc(Cl)c(Oc2nnc(Cl)cc2O)c1. The average molecular weight is 271 g/mol. The summed E-state index contributed by atoms with van der Waals surface area (Å²) in [6.45, 7) is 1.90. The van der Waals surface area contributed by atoms with Gasteiger partial charge in [-0.15, -0.1) is 10.2 Å². The van der Waals surface area contributed by atoms with E-state index in [2.05, 4.69) is 10.2 Å². The molecule has 17 heavy (non-hydrogen) atoms. The molecule has 1 aromatic carbocycles. The van der Waals surface area contributed by atoms with Crippen molar-refractivity contribution in [1.82, 2.24) is 10.2 Å². The number of hydrogen-bond acceptors (Lipinski definition) is 4. The van der Waals surface area contributed by atoms with Crippen molar-refractivity contribution < 1.29 is 9.84 Å². The van der Waals surface area contributed by atoms with Crippen LogP contribution in [0.3, 0.4) is 0 Å². The molecule has 0 fully saturated rings. The highest BCUT2D eigenvalue weighted by molar-refractivity contribution is 6.32. The van der Waals surface area contributed by atoms with Crippen LogP contribution in [-0.2, 0) is 0 Å². The van der Waals surface area contributed by atoms with Crippen molar-refractivity contribution in [3.05, 3.63) is 40.0 Å². The second-order valence-corrected chi connectivity index (χ2v) is 4.19. The van der Waals surface area contributed by atoms with Gasteiger partial charge in [0.05, 0.1) is 5.02 Å². The van der Waals surface area contributed by atoms with Crippen LogP contribution >= 0.6 is 23.2 Å². The largest absolute Gasteiger partial charge is 0.503 e. The van der Waals surface area contributed by atoms with E-state index in [9.17, 15) is 5.11 Å². The third-order valence-electron chi connectivity index (χ3n) is 2.00. The van der Waals surface area contributed by atoms with E-state index in [1.807, 2.05) is 13.0 Å². The van der Waals surface area contributed by atoms with Gasteiger partial charge in [0.2, 0.25) is 0 Å². The summed E-state index contributed by atoms with van der Waals surface area (Å²) in [4.78, 5) is 0. The Hall–Kier alpha value is -1.52. The Morgan fingerprint density at radius 1 is 1.18 bits per heavy atom. The summed E-state index contributed by atoms with van der Waals surface area (Å²) in [6.07, 6.45) is 0. The van der Waals surface area contributed by atoms with E-state index in [1.54, 1.807) is 12.1 Å². The smallest absolute Gasteiger partial charge is 0.281 e. The summed E-state index contributed by atoms with van der Waals surface area (Å²) in [5.41, 5.74) is 0.978. The zero-order valence-electron chi connectivity index (χ0n) is 8.82. The maximum atomic E-state index is 9.56. The van der Waals surface area contributed by atoms with E-state index in [0.29, 0.717) is 10.8 Å². The van der Waals surface area contributed by atoms with Gasteiger partial charge in [-0.1, -0.05) is 29.3 Å². The topological polar surface area (TPSA) is 55.2 Å². The molecule has 2 aromatic rings. The number of nitrogens with zero attached hydrogens (tertiary/aromatic N) is 2. The molecule has 1 heterocycles. The van der Waals surface area contributed by atoms with Crippen molar-refractivity contribution in [1.29, 1.82) is 0 Å². The molecule has 0 saturated heterocycles. The van der Waals surface area contributed by atoms with Gasteiger partial charge in [-0.25, -0.2) is 0 Å². The Balaban J connectivity index is 2.34.